The molecular formula is C17H17NO3. The van der Waals surface area contributed by atoms with Crippen LogP contribution in [0.3, 0.4) is 0 Å². The third kappa shape index (κ3) is 4.45. The molecule has 0 atom stereocenters. The fourth-order valence-electron chi connectivity index (χ4n) is 1.69. The van der Waals surface area contributed by atoms with Crippen LogP contribution in [0, 0.1) is 0 Å². The first-order valence-corrected chi connectivity index (χ1v) is 6.65. The predicted octanol–water partition coefficient (Wildman–Crippen LogP) is 3.82. The molecule has 0 aliphatic heterocycles. The third-order valence-corrected chi connectivity index (χ3v) is 2.65. The van der Waals surface area contributed by atoms with Gasteiger partial charge in [0.15, 0.2) is 0 Å². The summed E-state index contributed by atoms with van der Waals surface area (Å²) in [6, 6.07) is 16.1. The largest absolute Gasteiger partial charge is 0.423 e. The van der Waals surface area contributed by atoms with Gasteiger partial charge >= 0.3 is 5.97 Å². The molecule has 108 valence electrons. The lowest BCUT2D eigenvalue weighted by Crippen LogP contribution is -2.09. The second kappa shape index (κ2) is 7.24. The van der Waals surface area contributed by atoms with E-state index in [1.54, 1.807) is 30.3 Å². The number of ether oxygens (including phenoxy) is 1. The average Bonchev–Trinajstić information content (AvgIpc) is 2.49. The zero-order valence-corrected chi connectivity index (χ0v) is 12.1. The Bertz CT molecular complexity index is 631. The van der Waals surface area contributed by atoms with Gasteiger partial charge in [-0.25, -0.2) is 4.79 Å². The summed E-state index contributed by atoms with van der Waals surface area (Å²) >= 11 is 0. The highest BCUT2D eigenvalue weighted by Gasteiger charge is 2.11. The summed E-state index contributed by atoms with van der Waals surface area (Å²) in [5, 5.41) is 3.87. The first kappa shape index (κ1) is 14.8. The maximum absolute atomic E-state index is 12.1. The Hall–Kier alpha value is -2.62. The van der Waals surface area contributed by atoms with E-state index in [2.05, 4.69) is 5.16 Å². The fraction of sp³-hybridized carbons (Fsp3) is 0.176. The maximum atomic E-state index is 12.1. The quantitative estimate of drug-likeness (QED) is 0.363. The van der Waals surface area contributed by atoms with Crippen molar-refractivity contribution >= 4 is 11.7 Å². The van der Waals surface area contributed by atoms with Crippen LogP contribution >= 0.6 is 0 Å². The first-order chi connectivity index (χ1) is 10.2. The summed E-state index contributed by atoms with van der Waals surface area (Å²) in [7, 11) is 0. The number of oxime groups is 1. The second-order valence-corrected chi connectivity index (χ2v) is 4.68. The van der Waals surface area contributed by atoms with Crippen molar-refractivity contribution in [2.75, 3.05) is 0 Å². The van der Waals surface area contributed by atoms with Gasteiger partial charge in [-0.3, -0.25) is 0 Å². The molecule has 0 N–H and O–H groups in total. The van der Waals surface area contributed by atoms with Gasteiger partial charge < -0.3 is 9.57 Å². The summed E-state index contributed by atoms with van der Waals surface area (Å²) in [4.78, 5) is 17.3. The normalized spacial score (nSPS) is 9.81. The van der Waals surface area contributed by atoms with Gasteiger partial charge in [0.25, 0.3) is 0 Å². The van der Waals surface area contributed by atoms with Crippen LogP contribution in [0.15, 0.2) is 59.8 Å². The van der Waals surface area contributed by atoms with Crippen molar-refractivity contribution in [3.63, 3.8) is 0 Å². The van der Waals surface area contributed by atoms with Gasteiger partial charge in [0.2, 0.25) is 0 Å². The van der Waals surface area contributed by atoms with Gasteiger partial charge in [-0.05, 0) is 32.0 Å². The zero-order chi connectivity index (χ0) is 15.1. The molecule has 0 aliphatic carbocycles. The van der Waals surface area contributed by atoms with E-state index in [9.17, 15) is 4.79 Å². The summed E-state index contributed by atoms with van der Waals surface area (Å²) in [5.74, 6) is 0.0912. The molecule has 2 aromatic carbocycles. The van der Waals surface area contributed by atoms with Crippen LogP contribution in [0.25, 0.3) is 0 Å². The molecule has 21 heavy (non-hydrogen) atoms. The number of carbonyl (C=O) groups is 1. The number of hydrogen-bond acceptors (Lipinski definition) is 4. The highest BCUT2D eigenvalue weighted by molar-refractivity contribution is 5.91. The molecule has 0 unspecified atom stereocenters. The number of benzene rings is 2. The Morgan fingerprint density at radius 2 is 1.67 bits per heavy atom. The van der Waals surface area contributed by atoms with Gasteiger partial charge in [0.05, 0.1) is 11.3 Å². The Balaban J connectivity index is 2.09. The molecule has 2 aromatic rings. The number of para-hydroxylation sites is 1. The van der Waals surface area contributed by atoms with E-state index in [1.165, 1.54) is 0 Å². The van der Waals surface area contributed by atoms with Crippen molar-refractivity contribution in [1.82, 2.24) is 0 Å². The molecule has 4 nitrogen and oxygen atoms in total. The lowest BCUT2D eigenvalue weighted by molar-refractivity contribution is 0.0724. The average molecular weight is 283 g/mol. The second-order valence-electron chi connectivity index (χ2n) is 4.68. The SMILES string of the molecule is CC(C)=NOCc1ccccc1OC(=O)c1ccccc1. The Morgan fingerprint density at radius 1 is 1.00 bits per heavy atom. The minimum Gasteiger partial charge on any atom is -0.423 e. The molecule has 4 heteroatoms. The van der Waals surface area contributed by atoms with E-state index in [0.717, 1.165) is 11.3 Å². The van der Waals surface area contributed by atoms with Crippen LogP contribution in [0.2, 0.25) is 0 Å². The molecule has 0 saturated heterocycles. The van der Waals surface area contributed by atoms with E-state index in [4.69, 9.17) is 9.57 Å². The zero-order valence-electron chi connectivity index (χ0n) is 12.1. The third-order valence-electron chi connectivity index (χ3n) is 2.65. The maximum Gasteiger partial charge on any atom is 0.343 e. The summed E-state index contributed by atoms with van der Waals surface area (Å²) < 4.78 is 5.42. The van der Waals surface area contributed by atoms with Crippen molar-refractivity contribution in [3.8, 4) is 5.75 Å². The van der Waals surface area contributed by atoms with E-state index < -0.39 is 5.97 Å². The van der Waals surface area contributed by atoms with Crippen LogP contribution in [0.1, 0.15) is 29.8 Å². The molecule has 0 aromatic heterocycles. The lowest BCUT2D eigenvalue weighted by Gasteiger charge is -2.09. The van der Waals surface area contributed by atoms with Gasteiger partial charge in [0, 0.05) is 5.56 Å². The number of esters is 1. The Morgan fingerprint density at radius 3 is 2.38 bits per heavy atom. The molecule has 0 fully saturated rings. The highest BCUT2D eigenvalue weighted by Crippen LogP contribution is 2.20. The van der Waals surface area contributed by atoms with Crippen LogP contribution in [-0.4, -0.2) is 11.7 Å². The van der Waals surface area contributed by atoms with Crippen molar-refractivity contribution < 1.29 is 14.4 Å². The Kier molecular flexibility index (Phi) is 5.10. The molecule has 0 bridgehead atoms. The smallest absolute Gasteiger partial charge is 0.343 e. The number of rotatable bonds is 5. The van der Waals surface area contributed by atoms with Crippen molar-refractivity contribution in [1.29, 1.82) is 0 Å². The first-order valence-electron chi connectivity index (χ1n) is 6.65. The monoisotopic (exact) mass is 283 g/mol. The standard InChI is InChI=1S/C17H17NO3/c1-13(2)18-20-12-15-10-6-7-11-16(15)21-17(19)14-8-4-3-5-9-14/h3-11H,12H2,1-2H3. The van der Waals surface area contributed by atoms with Gasteiger partial charge in [-0.15, -0.1) is 0 Å². The lowest BCUT2D eigenvalue weighted by atomic mass is 10.2. The number of hydrogen-bond donors (Lipinski definition) is 0. The van der Waals surface area contributed by atoms with Gasteiger partial charge in [0.1, 0.15) is 12.4 Å². The summed E-state index contributed by atoms with van der Waals surface area (Å²) in [6.07, 6.45) is 0. The topological polar surface area (TPSA) is 47.9 Å². The van der Waals surface area contributed by atoms with E-state index in [1.807, 2.05) is 38.1 Å². The molecular weight excluding hydrogens is 266 g/mol. The van der Waals surface area contributed by atoms with E-state index in [0.29, 0.717) is 11.3 Å². The van der Waals surface area contributed by atoms with Crippen LogP contribution in [0.5, 0.6) is 5.75 Å². The molecule has 0 aliphatic rings. The minimum absolute atomic E-state index is 0.253. The molecule has 0 amide bonds. The molecule has 0 spiro atoms. The van der Waals surface area contributed by atoms with Crippen LogP contribution < -0.4 is 4.74 Å². The van der Waals surface area contributed by atoms with Crippen LogP contribution in [-0.2, 0) is 11.4 Å². The predicted molar refractivity (Wildman–Crippen MR) is 81.4 cm³/mol. The molecule has 0 radical (unpaired) electrons. The summed E-state index contributed by atoms with van der Waals surface area (Å²) in [6.45, 7) is 3.95. The van der Waals surface area contributed by atoms with Gasteiger partial charge in [-0.2, -0.15) is 0 Å². The van der Waals surface area contributed by atoms with Crippen molar-refractivity contribution in [3.05, 3.63) is 65.7 Å². The fourth-order valence-corrected chi connectivity index (χ4v) is 1.69. The van der Waals surface area contributed by atoms with E-state index >= 15 is 0 Å². The summed E-state index contributed by atoms with van der Waals surface area (Å²) in [5.41, 5.74) is 2.11. The molecule has 2 rings (SSSR count). The van der Waals surface area contributed by atoms with E-state index in [-0.39, 0.29) is 6.61 Å². The van der Waals surface area contributed by atoms with Crippen LogP contribution in [0.4, 0.5) is 0 Å². The number of nitrogens with zero attached hydrogens (tertiary/aromatic N) is 1. The molecule has 0 heterocycles. The number of carbonyl (C=O) groups excluding carboxylic acids is 1. The Labute approximate surface area is 124 Å². The van der Waals surface area contributed by atoms with Crippen molar-refractivity contribution in [2.45, 2.75) is 20.5 Å². The highest BCUT2D eigenvalue weighted by atomic mass is 16.6. The molecule has 0 saturated carbocycles. The van der Waals surface area contributed by atoms with Crippen molar-refractivity contribution in [2.24, 2.45) is 5.16 Å². The van der Waals surface area contributed by atoms with Gasteiger partial charge in [-0.1, -0.05) is 41.6 Å². The minimum atomic E-state index is -0.391.